The summed E-state index contributed by atoms with van der Waals surface area (Å²) >= 11 is 2.74. The number of nitrogens with one attached hydrogen (secondary N) is 1. The molecule has 138 valence electrons. The van der Waals surface area contributed by atoms with Gasteiger partial charge in [-0.05, 0) is 29.0 Å². The molecule has 27 heavy (non-hydrogen) atoms. The summed E-state index contributed by atoms with van der Waals surface area (Å²) in [5, 5.41) is 10.1. The Labute approximate surface area is 159 Å². The molecule has 0 aliphatic heterocycles. The Morgan fingerprint density at radius 1 is 1.19 bits per heavy atom. The van der Waals surface area contributed by atoms with Gasteiger partial charge in [0.1, 0.15) is 5.56 Å². The van der Waals surface area contributed by atoms with E-state index in [1.807, 2.05) is 17.5 Å². The second-order valence-corrected chi connectivity index (χ2v) is 7.54. The van der Waals surface area contributed by atoms with Crippen LogP contribution in [0.25, 0.3) is 16.2 Å². The zero-order valence-corrected chi connectivity index (χ0v) is 15.2. The van der Waals surface area contributed by atoms with Crippen molar-refractivity contribution in [3.05, 3.63) is 63.4 Å². The van der Waals surface area contributed by atoms with Gasteiger partial charge >= 0.3 is 6.18 Å². The second-order valence-electron chi connectivity index (χ2n) is 5.56. The van der Waals surface area contributed by atoms with Gasteiger partial charge in [-0.2, -0.15) is 18.3 Å². The third kappa shape index (κ3) is 3.45. The molecule has 10 heteroatoms. The lowest BCUT2D eigenvalue weighted by Gasteiger charge is -2.11. The number of carbonyl (C=O) groups excluding carboxylic acids is 1. The van der Waals surface area contributed by atoms with Gasteiger partial charge in [-0.15, -0.1) is 22.7 Å². The van der Waals surface area contributed by atoms with Crippen LogP contribution in [0.1, 0.15) is 20.9 Å². The van der Waals surface area contributed by atoms with Gasteiger partial charge in [-0.25, -0.2) is 9.50 Å². The van der Waals surface area contributed by atoms with Gasteiger partial charge in [-0.3, -0.25) is 4.79 Å². The number of carbonyl (C=O) groups is 1. The maximum absolute atomic E-state index is 13.5. The van der Waals surface area contributed by atoms with Crippen LogP contribution in [0.2, 0.25) is 0 Å². The van der Waals surface area contributed by atoms with Crippen molar-refractivity contribution in [2.45, 2.75) is 12.7 Å². The summed E-state index contributed by atoms with van der Waals surface area (Å²) in [7, 11) is 0. The van der Waals surface area contributed by atoms with Crippen LogP contribution in [0.15, 0.2) is 47.3 Å². The number of amides is 1. The normalized spacial score (nSPS) is 11.8. The van der Waals surface area contributed by atoms with Crippen molar-refractivity contribution in [1.82, 2.24) is 19.9 Å². The summed E-state index contributed by atoms with van der Waals surface area (Å²) in [4.78, 5) is 18.3. The molecule has 0 aromatic carbocycles. The Hall–Kier alpha value is -2.72. The van der Waals surface area contributed by atoms with Crippen molar-refractivity contribution >= 4 is 34.2 Å². The third-order valence-corrected chi connectivity index (χ3v) is 5.55. The van der Waals surface area contributed by atoms with E-state index in [9.17, 15) is 18.0 Å². The number of halogens is 3. The van der Waals surface area contributed by atoms with E-state index < -0.39 is 17.8 Å². The summed E-state index contributed by atoms with van der Waals surface area (Å²) in [6.45, 7) is 0.282. The van der Waals surface area contributed by atoms with Crippen molar-refractivity contribution in [2.75, 3.05) is 0 Å². The average Bonchev–Trinajstić information content (AvgIpc) is 3.39. The smallest absolute Gasteiger partial charge is 0.347 e. The lowest BCUT2D eigenvalue weighted by molar-refractivity contribution is -0.142. The highest BCUT2D eigenvalue weighted by atomic mass is 32.1. The molecule has 4 aromatic rings. The molecular formula is C17H11F3N4OS2. The summed E-state index contributed by atoms with van der Waals surface area (Å²) in [5.74, 6) is -0.526. The van der Waals surface area contributed by atoms with E-state index in [0.717, 1.165) is 17.1 Å². The van der Waals surface area contributed by atoms with Crippen molar-refractivity contribution in [3.63, 3.8) is 0 Å². The van der Waals surface area contributed by atoms with Gasteiger partial charge in [0.2, 0.25) is 0 Å². The van der Waals surface area contributed by atoms with E-state index in [0.29, 0.717) is 9.39 Å². The van der Waals surface area contributed by atoms with Crippen LogP contribution in [-0.4, -0.2) is 20.5 Å². The fourth-order valence-corrected chi connectivity index (χ4v) is 3.88. The molecule has 4 heterocycles. The van der Waals surface area contributed by atoms with Crippen LogP contribution in [-0.2, 0) is 12.7 Å². The Kier molecular flexibility index (Phi) is 4.44. The van der Waals surface area contributed by atoms with Crippen LogP contribution in [0.5, 0.6) is 0 Å². The number of hydrogen-bond donors (Lipinski definition) is 1. The van der Waals surface area contributed by atoms with E-state index in [4.69, 9.17) is 0 Å². The molecule has 1 N–H and O–H groups in total. The number of aromatic nitrogens is 3. The van der Waals surface area contributed by atoms with Crippen molar-refractivity contribution in [3.8, 4) is 10.6 Å². The maximum Gasteiger partial charge on any atom is 0.433 e. The molecule has 0 radical (unpaired) electrons. The molecule has 4 rings (SSSR count). The van der Waals surface area contributed by atoms with Gasteiger partial charge in [0.15, 0.2) is 11.3 Å². The number of thiophene rings is 2. The fraction of sp³-hybridized carbons (Fsp3) is 0.118. The third-order valence-electron chi connectivity index (χ3n) is 3.78. The molecule has 0 aliphatic rings. The largest absolute Gasteiger partial charge is 0.433 e. The van der Waals surface area contributed by atoms with E-state index in [1.54, 1.807) is 17.5 Å². The van der Waals surface area contributed by atoms with Crippen LogP contribution in [0, 0.1) is 0 Å². The fourth-order valence-electron chi connectivity index (χ4n) is 2.55. The number of rotatable bonds is 4. The maximum atomic E-state index is 13.5. The van der Waals surface area contributed by atoms with E-state index in [2.05, 4.69) is 15.4 Å². The minimum absolute atomic E-state index is 0.00420. The van der Waals surface area contributed by atoms with Crippen LogP contribution >= 0.6 is 22.7 Å². The van der Waals surface area contributed by atoms with Crippen molar-refractivity contribution in [2.24, 2.45) is 0 Å². The Balaban J connectivity index is 1.78. The summed E-state index contributed by atoms with van der Waals surface area (Å²) in [6, 6.07) is 8.06. The molecule has 0 saturated heterocycles. The van der Waals surface area contributed by atoms with Gasteiger partial charge in [0, 0.05) is 4.88 Å². The Morgan fingerprint density at radius 3 is 2.63 bits per heavy atom. The first-order valence-electron chi connectivity index (χ1n) is 7.74. The summed E-state index contributed by atoms with van der Waals surface area (Å²) < 4.78 is 41.2. The van der Waals surface area contributed by atoms with Crippen molar-refractivity contribution in [1.29, 1.82) is 0 Å². The first-order valence-corrected chi connectivity index (χ1v) is 9.50. The van der Waals surface area contributed by atoms with Crippen molar-refractivity contribution < 1.29 is 18.0 Å². The van der Waals surface area contributed by atoms with Crippen LogP contribution in [0.3, 0.4) is 0 Å². The predicted octanol–water partition coefficient (Wildman–Crippen LogP) is 4.47. The molecule has 0 saturated carbocycles. The quantitative estimate of drug-likeness (QED) is 0.542. The molecule has 4 aromatic heterocycles. The molecule has 0 fully saturated rings. The Morgan fingerprint density at radius 2 is 1.96 bits per heavy atom. The molecule has 1 amide bonds. The molecule has 0 atom stereocenters. The lowest BCUT2D eigenvalue weighted by Crippen LogP contribution is -2.22. The van der Waals surface area contributed by atoms with E-state index in [-0.39, 0.29) is 23.4 Å². The van der Waals surface area contributed by atoms with E-state index in [1.165, 1.54) is 22.7 Å². The highest BCUT2D eigenvalue weighted by Crippen LogP contribution is 2.33. The summed E-state index contributed by atoms with van der Waals surface area (Å²) in [6.07, 6.45) is -3.52. The van der Waals surface area contributed by atoms with E-state index >= 15 is 0 Å². The topological polar surface area (TPSA) is 59.3 Å². The molecular weight excluding hydrogens is 397 g/mol. The first kappa shape index (κ1) is 17.7. The number of nitrogens with zero attached hydrogens (tertiary/aromatic N) is 3. The van der Waals surface area contributed by atoms with Gasteiger partial charge in [-0.1, -0.05) is 12.1 Å². The number of hydrogen-bond acceptors (Lipinski definition) is 5. The minimum Gasteiger partial charge on any atom is -0.347 e. The van der Waals surface area contributed by atoms with Gasteiger partial charge in [0.25, 0.3) is 5.91 Å². The van der Waals surface area contributed by atoms with Crippen LogP contribution < -0.4 is 5.32 Å². The van der Waals surface area contributed by atoms with Gasteiger partial charge < -0.3 is 5.32 Å². The first-order chi connectivity index (χ1) is 12.9. The molecule has 0 aliphatic carbocycles. The molecule has 0 spiro atoms. The highest BCUT2D eigenvalue weighted by molar-refractivity contribution is 7.13. The zero-order chi connectivity index (χ0) is 19.0. The lowest BCUT2D eigenvalue weighted by atomic mass is 10.2. The summed E-state index contributed by atoms with van der Waals surface area (Å²) in [5.41, 5.74) is -0.960. The predicted molar refractivity (Wildman–Crippen MR) is 96.8 cm³/mol. The standard InChI is InChI=1S/C17H11F3N4OS2/c18-17(19,20)14-7-12(13-4-2-6-27-13)23-15-11(9-22-24(14)15)16(25)21-8-10-3-1-5-26-10/h1-7,9H,8H2,(H,21,25). The van der Waals surface area contributed by atoms with Gasteiger partial charge in [0.05, 0.1) is 23.3 Å². The molecule has 5 nitrogen and oxygen atoms in total. The monoisotopic (exact) mass is 408 g/mol. The Bertz CT molecular complexity index is 1090. The van der Waals surface area contributed by atoms with Crippen LogP contribution in [0.4, 0.5) is 13.2 Å². The molecule has 0 unspecified atom stereocenters. The number of fused-ring (bicyclic) bond motifs is 1. The minimum atomic E-state index is -4.63. The number of alkyl halides is 3. The zero-order valence-electron chi connectivity index (χ0n) is 13.5. The average molecular weight is 408 g/mol. The SMILES string of the molecule is O=C(NCc1cccs1)c1cnn2c(C(F)(F)F)cc(-c3cccs3)nc12. The highest BCUT2D eigenvalue weighted by Gasteiger charge is 2.36. The molecule has 0 bridgehead atoms. The second kappa shape index (κ2) is 6.78.